The molecule has 0 aromatic heterocycles. The van der Waals surface area contributed by atoms with Gasteiger partial charge in [-0.05, 0) is 7.05 Å². The van der Waals surface area contributed by atoms with Crippen molar-refractivity contribution in [1.29, 1.82) is 0 Å². The number of hydrogen-bond acceptors (Lipinski definition) is 5. The van der Waals surface area contributed by atoms with Crippen molar-refractivity contribution in [1.82, 2.24) is 9.21 Å². The van der Waals surface area contributed by atoms with E-state index in [-0.39, 0.29) is 26.2 Å². The van der Waals surface area contributed by atoms with Gasteiger partial charge in [-0.1, -0.05) is 0 Å². The maximum absolute atomic E-state index is 13.1. The van der Waals surface area contributed by atoms with Crippen molar-refractivity contribution < 1.29 is 30.2 Å². The Labute approximate surface area is 97.8 Å². The topological polar surface area (TPSA) is 95.0 Å². The second kappa shape index (κ2) is 4.39. The molecular weight excluding hydrogens is 282 g/mol. The van der Waals surface area contributed by atoms with Gasteiger partial charge in [0.2, 0.25) is 0 Å². The molecule has 0 amide bonds. The molecule has 1 fully saturated rings. The summed E-state index contributed by atoms with van der Waals surface area (Å²) in [7, 11) is -9.74. The molecule has 1 heterocycles. The Morgan fingerprint density at radius 2 is 1.47 bits per heavy atom. The standard InChI is InChI=1S/C6H12F2N2O5S2/c1-9-2-4-10(5-3-9)16(11,12)6(7,8)17(13,14)15/h2-5H2,1H3,(H,13,14,15). The Hall–Kier alpha value is -0.360. The van der Waals surface area contributed by atoms with Gasteiger partial charge in [-0.25, -0.2) is 8.42 Å². The molecule has 0 aromatic carbocycles. The van der Waals surface area contributed by atoms with Crippen molar-refractivity contribution in [3.8, 4) is 0 Å². The molecule has 0 spiro atoms. The Kier molecular flexibility index (Phi) is 3.79. The molecule has 1 aliphatic rings. The minimum absolute atomic E-state index is 0.209. The van der Waals surface area contributed by atoms with Crippen LogP contribution < -0.4 is 0 Å². The van der Waals surface area contributed by atoms with E-state index < -0.39 is 24.7 Å². The number of piperazine rings is 1. The van der Waals surface area contributed by atoms with E-state index in [1.165, 1.54) is 0 Å². The molecule has 1 saturated heterocycles. The first-order valence-electron chi connectivity index (χ1n) is 4.53. The zero-order valence-electron chi connectivity index (χ0n) is 8.88. The average molecular weight is 294 g/mol. The monoisotopic (exact) mass is 294 g/mol. The van der Waals surface area contributed by atoms with Crippen molar-refractivity contribution in [3.63, 3.8) is 0 Å². The third-order valence-corrected chi connectivity index (χ3v) is 5.91. The Morgan fingerprint density at radius 3 is 1.82 bits per heavy atom. The first-order chi connectivity index (χ1) is 7.50. The average Bonchev–Trinajstić information content (AvgIpc) is 2.16. The molecule has 0 saturated carbocycles. The van der Waals surface area contributed by atoms with Crippen molar-refractivity contribution in [2.24, 2.45) is 0 Å². The van der Waals surface area contributed by atoms with Crippen LogP contribution in [0.5, 0.6) is 0 Å². The number of alkyl halides is 2. The number of likely N-dealkylation sites (N-methyl/N-ethyl adjacent to an activating group) is 1. The fourth-order valence-corrected chi connectivity index (χ4v) is 3.64. The largest absolute Gasteiger partial charge is 0.484 e. The number of sulfonamides is 1. The van der Waals surface area contributed by atoms with Gasteiger partial charge in [0.15, 0.2) is 0 Å². The van der Waals surface area contributed by atoms with Crippen molar-refractivity contribution in [2.75, 3.05) is 33.2 Å². The van der Waals surface area contributed by atoms with Crippen LogP contribution in [0.3, 0.4) is 0 Å². The third-order valence-electron chi connectivity index (χ3n) is 2.40. The lowest BCUT2D eigenvalue weighted by molar-refractivity contribution is 0.145. The summed E-state index contributed by atoms with van der Waals surface area (Å²) in [6.07, 6.45) is 0. The predicted octanol–water partition coefficient (Wildman–Crippen LogP) is -0.998. The lowest BCUT2D eigenvalue weighted by Gasteiger charge is -2.32. The van der Waals surface area contributed by atoms with Gasteiger partial charge in [-0.3, -0.25) is 4.55 Å². The van der Waals surface area contributed by atoms with Gasteiger partial charge in [0.05, 0.1) is 0 Å². The molecule has 0 aromatic rings. The van der Waals surface area contributed by atoms with Gasteiger partial charge in [0.25, 0.3) is 10.0 Å². The molecule has 0 radical (unpaired) electrons. The molecule has 1 N–H and O–H groups in total. The molecule has 0 bridgehead atoms. The van der Waals surface area contributed by atoms with Gasteiger partial charge >= 0.3 is 14.7 Å². The van der Waals surface area contributed by atoms with E-state index >= 15 is 0 Å². The molecule has 11 heteroatoms. The molecule has 17 heavy (non-hydrogen) atoms. The third kappa shape index (κ3) is 2.57. The highest BCUT2D eigenvalue weighted by molar-refractivity contribution is 8.06. The van der Waals surface area contributed by atoms with Gasteiger partial charge in [0.1, 0.15) is 0 Å². The Bertz CT molecular complexity index is 481. The number of halogens is 2. The Morgan fingerprint density at radius 1 is 1.06 bits per heavy atom. The maximum atomic E-state index is 13.1. The van der Waals surface area contributed by atoms with E-state index in [4.69, 9.17) is 4.55 Å². The molecule has 102 valence electrons. The zero-order valence-corrected chi connectivity index (χ0v) is 10.5. The lowest BCUT2D eigenvalue weighted by Crippen LogP contribution is -2.53. The Balaban J connectivity index is 3.05. The van der Waals surface area contributed by atoms with Crippen molar-refractivity contribution in [2.45, 2.75) is 4.59 Å². The van der Waals surface area contributed by atoms with Gasteiger partial charge in [-0.15, -0.1) is 0 Å². The molecule has 0 aliphatic carbocycles. The second-order valence-corrected chi connectivity index (χ2v) is 7.35. The lowest BCUT2D eigenvalue weighted by atomic mass is 10.4. The first-order valence-corrected chi connectivity index (χ1v) is 7.41. The van der Waals surface area contributed by atoms with E-state index in [1.54, 1.807) is 11.9 Å². The van der Waals surface area contributed by atoms with E-state index in [0.29, 0.717) is 4.31 Å². The van der Waals surface area contributed by atoms with E-state index in [9.17, 15) is 25.6 Å². The minimum Gasteiger partial charge on any atom is -0.304 e. The van der Waals surface area contributed by atoms with Crippen LogP contribution in [0.2, 0.25) is 0 Å². The summed E-state index contributed by atoms with van der Waals surface area (Å²) in [5, 5.41) is 0. The van der Waals surface area contributed by atoms with Crippen LogP contribution in [0.15, 0.2) is 0 Å². The summed E-state index contributed by atoms with van der Waals surface area (Å²) >= 11 is 0. The maximum Gasteiger partial charge on any atom is 0.484 e. The number of rotatable bonds is 3. The molecule has 1 rings (SSSR count). The highest BCUT2D eigenvalue weighted by Gasteiger charge is 2.60. The summed E-state index contributed by atoms with van der Waals surface area (Å²) < 4.78 is 73.2. The molecule has 1 aliphatic heterocycles. The van der Waals surface area contributed by atoms with Crippen molar-refractivity contribution in [3.05, 3.63) is 0 Å². The summed E-state index contributed by atoms with van der Waals surface area (Å²) in [6, 6.07) is 0. The molecule has 0 atom stereocenters. The highest BCUT2D eigenvalue weighted by Crippen LogP contribution is 2.31. The van der Waals surface area contributed by atoms with Crippen LogP contribution in [0.1, 0.15) is 0 Å². The van der Waals surface area contributed by atoms with Crippen LogP contribution in [-0.4, -0.2) is 68.4 Å². The SMILES string of the molecule is CN1CCN(S(=O)(=O)C(F)(F)S(=O)(=O)O)CC1. The highest BCUT2D eigenvalue weighted by atomic mass is 32.3. The number of nitrogens with zero attached hydrogens (tertiary/aromatic N) is 2. The first kappa shape index (κ1) is 14.7. The molecule has 7 nitrogen and oxygen atoms in total. The van der Waals surface area contributed by atoms with Gasteiger partial charge in [0, 0.05) is 26.2 Å². The summed E-state index contributed by atoms with van der Waals surface area (Å²) in [5.74, 6) is 0. The summed E-state index contributed by atoms with van der Waals surface area (Å²) in [4.78, 5) is 1.71. The van der Waals surface area contributed by atoms with Gasteiger partial charge < -0.3 is 4.90 Å². The second-order valence-electron chi connectivity index (χ2n) is 3.65. The summed E-state index contributed by atoms with van der Waals surface area (Å²) in [6.45, 7) is -0.0739. The van der Waals surface area contributed by atoms with Crippen LogP contribution in [0.4, 0.5) is 8.78 Å². The fourth-order valence-electron chi connectivity index (χ4n) is 1.31. The zero-order chi connectivity index (χ0) is 13.5. The normalized spacial score (nSPS) is 21.6. The number of hydrogen-bond donors (Lipinski definition) is 1. The van der Waals surface area contributed by atoms with Crippen LogP contribution in [0, 0.1) is 0 Å². The van der Waals surface area contributed by atoms with E-state index in [1.807, 2.05) is 0 Å². The molecular formula is C6H12F2N2O5S2. The summed E-state index contributed by atoms with van der Waals surface area (Å²) in [5.41, 5.74) is 0. The van der Waals surface area contributed by atoms with E-state index in [2.05, 4.69) is 0 Å². The van der Waals surface area contributed by atoms with Gasteiger partial charge in [-0.2, -0.15) is 21.5 Å². The smallest absolute Gasteiger partial charge is 0.304 e. The quantitative estimate of drug-likeness (QED) is 0.671. The van der Waals surface area contributed by atoms with Crippen LogP contribution >= 0.6 is 0 Å². The van der Waals surface area contributed by atoms with Crippen LogP contribution in [-0.2, 0) is 20.1 Å². The minimum atomic E-state index is -6.00. The van der Waals surface area contributed by atoms with E-state index in [0.717, 1.165) is 0 Å². The predicted molar refractivity (Wildman–Crippen MR) is 54.5 cm³/mol. The van der Waals surface area contributed by atoms with Crippen LogP contribution in [0.25, 0.3) is 0 Å². The fraction of sp³-hybridized carbons (Fsp3) is 1.00. The molecule has 0 unspecified atom stereocenters. The van der Waals surface area contributed by atoms with Crippen molar-refractivity contribution >= 4 is 20.1 Å².